The number of likely N-dealkylation sites (N-methyl/N-ethyl adjacent to an activating group) is 1. The van der Waals surface area contributed by atoms with Crippen molar-refractivity contribution < 1.29 is 0 Å². The van der Waals surface area contributed by atoms with Gasteiger partial charge in [-0.3, -0.25) is 0 Å². The molecular formula is C14H26N2S. The van der Waals surface area contributed by atoms with Crippen molar-refractivity contribution in [1.29, 1.82) is 0 Å². The van der Waals surface area contributed by atoms with E-state index in [2.05, 4.69) is 50.2 Å². The van der Waals surface area contributed by atoms with Crippen LogP contribution in [0.15, 0.2) is 17.5 Å². The predicted octanol–water partition coefficient (Wildman–Crippen LogP) is 2.99. The normalized spacial score (nSPS) is 17.1. The van der Waals surface area contributed by atoms with E-state index in [-0.39, 0.29) is 5.41 Å². The SMILES string of the molecule is CCC(C)(CN)CN(C)C(C)Cc1cccs1. The molecule has 1 heterocycles. The van der Waals surface area contributed by atoms with Gasteiger partial charge in [0.25, 0.3) is 0 Å². The van der Waals surface area contributed by atoms with Crippen molar-refractivity contribution in [1.82, 2.24) is 4.90 Å². The Morgan fingerprint density at radius 3 is 2.71 bits per heavy atom. The van der Waals surface area contributed by atoms with Gasteiger partial charge >= 0.3 is 0 Å². The number of nitrogens with two attached hydrogens (primary N) is 1. The van der Waals surface area contributed by atoms with Gasteiger partial charge in [-0.25, -0.2) is 0 Å². The molecule has 0 spiro atoms. The lowest BCUT2D eigenvalue weighted by molar-refractivity contribution is 0.155. The minimum atomic E-state index is 0.248. The van der Waals surface area contributed by atoms with Crippen LogP contribution in [0.25, 0.3) is 0 Å². The van der Waals surface area contributed by atoms with Crippen LogP contribution in [0.1, 0.15) is 32.1 Å². The first kappa shape index (κ1) is 14.7. The van der Waals surface area contributed by atoms with E-state index in [0.717, 1.165) is 25.9 Å². The maximum Gasteiger partial charge on any atom is 0.0112 e. The van der Waals surface area contributed by atoms with Gasteiger partial charge in [-0.1, -0.05) is 19.9 Å². The quantitative estimate of drug-likeness (QED) is 0.810. The van der Waals surface area contributed by atoms with Gasteiger partial charge in [0.2, 0.25) is 0 Å². The van der Waals surface area contributed by atoms with E-state index in [1.54, 1.807) is 0 Å². The number of nitrogens with zero attached hydrogens (tertiary/aromatic N) is 1. The Kier molecular flexibility index (Phi) is 5.63. The fourth-order valence-corrected chi connectivity index (χ4v) is 2.78. The minimum absolute atomic E-state index is 0.248. The van der Waals surface area contributed by atoms with E-state index < -0.39 is 0 Å². The van der Waals surface area contributed by atoms with Crippen LogP contribution >= 0.6 is 11.3 Å². The van der Waals surface area contributed by atoms with E-state index in [4.69, 9.17) is 5.73 Å². The number of rotatable bonds is 7. The number of hydrogen-bond acceptors (Lipinski definition) is 3. The smallest absolute Gasteiger partial charge is 0.0112 e. The lowest BCUT2D eigenvalue weighted by atomic mass is 9.87. The molecule has 2 nitrogen and oxygen atoms in total. The van der Waals surface area contributed by atoms with E-state index in [1.165, 1.54) is 4.88 Å². The first-order valence-electron chi connectivity index (χ1n) is 6.43. The third kappa shape index (κ3) is 4.41. The van der Waals surface area contributed by atoms with Gasteiger partial charge in [-0.15, -0.1) is 11.3 Å². The molecule has 2 atom stereocenters. The van der Waals surface area contributed by atoms with E-state index >= 15 is 0 Å². The Morgan fingerprint density at radius 2 is 2.24 bits per heavy atom. The van der Waals surface area contributed by atoms with Gasteiger partial charge in [0.1, 0.15) is 0 Å². The Balaban J connectivity index is 2.49. The zero-order valence-electron chi connectivity index (χ0n) is 11.6. The highest BCUT2D eigenvalue weighted by Crippen LogP contribution is 2.22. The molecular weight excluding hydrogens is 228 g/mol. The molecule has 3 heteroatoms. The highest BCUT2D eigenvalue weighted by atomic mass is 32.1. The van der Waals surface area contributed by atoms with Crippen molar-refractivity contribution in [3.63, 3.8) is 0 Å². The molecule has 17 heavy (non-hydrogen) atoms. The summed E-state index contributed by atoms with van der Waals surface area (Å²) in [6, 6.07) is 4.92. The van der Waals surface area contributed by atoms with Crippen LogP contribution in [-0.4, -0.2) is 31.1 Å². The standard InChI is InChI=1S/C14H26N2S/c1-5-14(3,10-15)11-16(4)12(2)9-13-7-6-8-17-13/h6-8,12H,5,9-11,15H2,1-4H3. The minimum Gasteiger partial charge on any atom is -0.330 e. The van der Waals surface area contributed by atoms with E-state index in [9.17, 15) is 0 Å². The van der Waals surface area contributed by atoms with Crippen LogP contribution in [0.5, 0.6) is 0 Å². The second-order valence-electron chi connectivity index (χ2n) is 5.42. The highest BCUT2D eigenvalue weighted by molar-refractivity contribution is 7.09. The molecule has 0 aliphatic carbocycles. The highest BCUT2D eigenvalue weighted by Gasteiger charge is 2.24. The van der Waals surface area contributed by atoms with Crippen molar-refractivity contribution in [3.8, 4) is 0 Å². The van der Waals surface area contributed by atoms with Gasteiger partial charge in [0, 0.05) is 17.5 Å². The van der Waals surface area contributed by atoms with Crippen LogP contribution in [0.4, 0.5) is 0 Å². The van der Waals surface area contributed by atoms with Crippen LogP contribution in [0.2, 0.25) is 0 Å². The predicted molar refractivity (Wildman–Crippen MR) is 77.6 cm³/mol. The Labute approximate surface area is 110 Å². The van der Waals surface area contributed by atoms with Crippen LogP contribution in [0, 0.1) is 5.41 Å². The van der Waals surface area contributed by atoms with Gasteiger partial charge in [-0.2, -0.15) is 0 Å². The van der Waals surface area contributed by atoms with Crippen molar-refractivity contribution in [2.45, 2.75) is 39.7 Å². The zero-order valence-corrected chi connectivity index (χ0v) is 12.4. The fourth-order valence-electron chi connectivity index (χ4n) is 1.95. The second-order valence-corrected chi connectivity index (χ2v) is 6.45. The molecule has 2 N–H and O–H groups in total. The van der Waals surface area contributed by atoms with E-state index in [1.807, 2.05) is 11.3 Å². The Morgan fingerprint density at radius 1 is 1.53 bits per heavy atom. The summed E-state index contributed by atoms with van der Waals surface area (Å²) >= 11 is 1.85. The topological polar surface area (TPSA) is 29.3 Å². The second kappa shape index (κ2) is 6.53. The van der Waals surface area contributed by atoms with Crippen molar-refractivity contribution >= 4 is 11.3 Å². The summed E-state index contributed by atoms with van der Waals surface area (Å²) in [7, 11) is 2.21. The molecule has 0 amide bonds. The summed E-state index contributed by atoms with van der Waals surface area (Å²) in [5.74, 6) is 0. The number of hydrogen-bond donors (Lipinski definition) is 1. The third-order valence-corrected chi connectivity index (χ3v) is 4.71. The monoisotopic (exact) mass is 254 g/mol. The molecule has 98 valence electrons. The molecule has 1 aromatic heterocycles. The molecule has 0 saturated carbocycles. The molecule has 0 radical (unpaired) electrons. The van der Waals surface area contributed by atoms with Crippen LogP contribution in [-0.2, 0) is 6.42 Å². The van der Waals surface area contributed by atoms with Gasteiger partial charge in [0.15, 0.2) is 0 Å². The molecule has 0 aromatic carbocycles. The Bertz CT molecular complexity index is 304. The lowest BCUT2D eigenvalue weighted by Gasteiger charge is -2.35. The maximum atomic E-state index is 5.88. The zero-order chi connectivity index (χ0) is 12.9. The molecule has 0 aliphatic heterocycles. The maximum absolute atomic E-state index is 5.88. The molecule has 0 saturated heterocycles. The molecule has 0 fully saturated rings. The van der Waals surface area contributed by atoms with Crippen LogP contribution in [0.3, 0.4) is 0 Å². The lowest BCUT2D eigenvalue weighted by Crippen LogP contribution is -2.42. The van der Waals surface area contributed by atoms with Crippen molar-refractivity contribution in [2.75, 3.05) is 20.1 Å². The summed E-state index contributed by atoms with van der Waals surface area (Å²) in [4.78, 5) is 3.91. The molecule has 1 aromatic rings. The first-order valence-corrected chi connectivity index (χ1v) is 7.31. The molecule has 0 bridgehead atoms. The summed E-state index contributed by atoms with van der Waals surface area (Å²) in [5, 5.41) is 2.15. The average Bonchev–Trinajstić information content (AvgIpc) is 2.81. The van der Waals surface area contributed by atoms with Gasteiger partial charge < -0.3 is 10.6 Å². The Hall–Kier alpha value is -0.380. The summed E-state index contributed by atoms with van der Waals surface area (Å²) in [5.41, 5.74) is 6.13. The summed E-state index contributed by atoms with van der Waals surface area (Å²) < 4.78 is 0. The molecule has 2 unspecified atom stereocenters. The largest absolute Gasteiger partial charge is 0.330 e. The van der Waals surface area contributed by atoms with Crippen LogP contribution < -0.4 is 5.73 Å². The summed E-state index contributed by atoms with van der Waals surface area (Å²) in [6.07, 6.45) is 2.28. The van der Waals surface area contributed by atoms with Gasteiger partial charge in [-0.05, 0) is 50.2 Å². The van der Waals surface area contributed by atoms with Gasteiger partial charge in [0.05, 0.1) is 0 Å². The molecule has 0 aliphatic rings. The summed E-state index contributed by atoms with van der Waals surface area (Å²) in [6.45, 7) is 8.64. The fraction of sp³-hybridized carbons (Fsp3) is 0.714. The van der Waals surface area contributed by atoms with Crippen molar-refractivity contribution in [3.05, 3.63) is 22.4 Å². The van der Waals surface area contributed by atoms with E-state index in [0.29, 0.717) is 6.04 Å². The first-order chi connectivity index (χ1) is 8.00. The average molecular weight is 254 g/mol. The van der Waals surface area contributed by atoms with Crippen molar-refractivity contribution in [2.24, 2.45) is 11.1 Å². The molecule has 1 rings (SSSR count). The number of thiophene rings is 1. The third-order valence-electron chi connectivity index (χ3n) is 3.81.